The van der Waals surface area contributed by atoms with Gasteiger partial charge < -0.3 is 24.8 Å². The number of carbonyl (C=O) groups excluding carboxylic acids is 3. The van der Waals surface area contributed by atoms with Crippen LogP contribution in [-0.2, 0) is 23.8 Å². The van der Waals surface area contributed by atoms with Crippen LogP contribution in [0.4, 0.5) is 25.0 Å². The molecule has 0 aliphatic carbocycles. The Morgan fingerprint density at radius 3 is 2.34 bits per heavy atom. The highest BCUT2D eigenvalue weighted by Gasteiger charge is 2.40. The van der Waals surface area contributed by atoms with Gasteiger partial charge in [-0.05, 0) is 6.92 Å². The van der Waals surface area contributed by atoms with E-state index in [0.29, 0.717) is 12.8 Å². The van der Waals surface area contributed by atoms with E-state index in [1.54, 1.807) is 0 Å². The van der Waals surface area contributed by atoms with Crippen LogP contribution in [0, 0.1) is 11.6 Å². The summed E-state index contributed by atoms with van der Waals surface area (Å²) in [6.07, 6.45) is -1.06. The third-order valence-electron chi connectivity index (χ3n) is 5.78. The number of cyclic esters (lactones) is 1. The Morgan fingerprint density at radius 2 is 1.84 bits per heavy atom. The zero-order valence-electron chi connectivity index (χ0n) is 18.2. The summed E-state index contributed by atoms with van der Waals surface area (Å²) in [5.41, 5.74) is 4.63. The molecule has 0 bridgehead atoms. The van der Waals surface area contributed by atoms with E-state index in [1.165, 1.54) is 25.9 Å². The number of carbonyl (C=O) groups is 3. The summed E-state index contributed by atoms with van der Waals surface area (Å²) in [4.78, 5) is 37.7. The molecule has 3 rings (SSSR count). The summed E-state index contributed by atoms with van der Waals surface area (Å²) in [5.74, 6) is -2.50. The topological polar surface area (TPSA) is 111 Å². The molecule has 32 heavy (non-hydrogen) atoms. The maximum Gasteiger partial charge on any atom is 0.414 e. The average Bonchev–Trinajstić information content (AvgIpc) is 3.09. The van der Waals surface area contributed by atoms with Crippen LogP contribution in [0.3, 0.4) is 0 Å². The number of ether oxygens (including phenoxy) is 3. The minimum absolute atomic E-state index is 0.0299. The van der Waals surface area contributed by atoms with Crippen molar-refractivity contribution < 1.29 is 37.4 Å². The highest BCUT2D eigenvalue weighted by Crippen LogP contribution is 2.35. The Morgan fingerprint density at radius 1 is 1.25 bits per heavy atom. The first-order valence-electron chi connectivity index (χ1n) is 10.2. The van der Waals surface area contributed by atoms with Crippen LogP contribution in [0.2, 0.25) is 0 Å². The molecule has 1 unspecified atom stereocenters. The molecule has 176 valence electrons. The number of hydrogen-bond acceptors (Lipinski definition) is 8. The van der Waals surface area contributed by atoms with Crippen molar-refractivity contribution in [2.45, 2.75) is 44.4 Å². The maximum atomic E-state index is 15.0. The maximum absolute atomic E-state index is 15.0. The van der Waals surface area contributed by atoms with Crippen molar-refractivity contribution in [3.63, 3.8) is 0 Å². The second kappa shape index (κ2) is 9.37. The molecule has 0 radical (unpaired) electrons. The van der Waals surface area contributed by atoms with Gasteiger partial charge in [-0.25, -0.2) is 13.6 Å². The van der Waals surface area contributed by atoms with Gasteiger partial charge in [-0.3, -0.25) is 14.5 Å². The normalized spacial score (nSPS) is 21.3. The van der Waals surface area contributed by atoms with E-state index in [0.717, 1.165) is 17.0 Å². The molecule has 1 amide bonds. The number of amides is 1. The molecule has 2 aliphatic rings. The molecular weight excluding hydrogens is 428 g/mol. The number of halogens is 2. The van der Waals surface area contributed by atoms with Gasteiger partial charge in [0.1, 0.15) is 29.2 Å². The average molecular weight is 455 g/mol. The Bertz CT molecular complexity index is 881. The molecule has 0 saturated carbocycles. The number of methoxy groups -OCH3 is 1. The molecule has 0 spiro atoms. The minimum Gasteiger partial charge on any atom is -0.457 e. The summed E-state index contributed by atoms with van der Waals surface area (Å²) in [6.45, 7) is 3.15. The molecule has 0 aromatic heterocycles. The summed E-state index contributed by atoms with van der Waals surface area (Å²) in [5, 5.41) is 0. The number of esters is 1. The van der Waals surface area contributed by atoms with Crippen molar-refractivity contribution in [1.82, 2.24) is 0 Å². The first-order valence-corrected chi connectivity index (χ1v) is 10.2. The lowest BCUT2D eigenvalue weighted by molar-refractivity contribution is -0.165. The number of piperidine rings is 1. The lowest BCUT2D eigenvalue weighted by atomic mass is 9.91. The van der Waals surface area contributed by atoms with E-state index in [9.17, 15) is 23.2 Å². The molecule has 2 N–H and O–H groups in total. The van der Waals surface area contributed by atoms with Gasteiger partial charge in [-0.1, -0.05) is 0 Å². The van der Waals surface area contributed by atoms with Crippen LogP contribution in [-0.4, -0.2) is 68.9 Å². The largest absolute Gasteiger partial charge is 0.457 e. The van der Waals surface area contributed by atoms with Gasteiger partial charge in [0.25, 0.3) is 0 Å². The summed E-state index contributed by atoms with van der Waals surface area (Å²) >= 11 is 0. The van der Waals surface area contributed by atoms with Gasteiger partial charge >= 0.3 is 12.1 Å². The zero-order valence-corrected chi connectivity index (χ0v) is 18.2. The van der Waals surface area contributed by atoms with Crippen molar-refractivity contribution in [2.75, 3.05) is 43.2 Å². The van der Waals surface area contributed by atoms with Crippen molar-refractivity contribution >= 4 is 29.2 Å². The number of nitrogens with two attached hydrogens (primary N) is 1. The van der Waals surface area contributed by atoms with Crippen LogP contribution < -0.4 is 15.5 Å². The predicted molar refractivity (Wildman–Crippen MR) is 110 cm³/mol. The molecule has 11 heteroatoms. The van der Waals surface area contributed by atoms with Gasteiger partial charge in [0, 0.05) is 52.1 Å². The standard InChI is InChI=1S/C21H27F2N3O6/c1-12(27)18(24)17-10-26(20(29)31-17)14-8-15(22)19(16(23)9-14)25-6-4-21(5-7-25,11-30-3)32-13(2)28/h8-9,17-18H,4-7,10-11,24H2,1-3H3/t17-,18?/m0/s1. The summed E-state index contributed by atoms with van der Waals surface area (Å²) in [6, 6.07) is 1.07. The van der Waals surface area contributed by atoms with Gasteiger partial charge in [0.2, 0.25) is 0 Å². The SMILES string of the molecule is COCC1(OC(C)=O)CCN(c2c(F)cc(N3C[C@@H](C(N)C(C)=O)OC3=O)cc2F)CC1. The lowest BCUT2D eigenvalue weighted by Gasteiger charge is -2.41. The molecule has 2 heterocycles. The monoisotopic (exact) mass is 455 g/mol. The first-order chi connectivity index (χ1) is 15.1. The number of anilines is 2. The van der Waals surface area contributed by atoms with Crippen molar-refractivity contribution in [1.29, 1.82) is 0 Å². The quantitative estimate of drug-likeness (QED) is 0.619. The van der Waals surface area contributed by atoms with Gasteiger partial charge in [-0.2, -0.15) is 0 Å². The van der Waals surface area contributed by atoms with Gasteiger partial charge in [0.05, 0.1) is 18.8 Å². The molecule has 2 atom stereocenters. The number of nitrogens with zero attached hydrogens (tertiary/aromatic N) is 2. The third kappa shape index (κ3) is 4.83. The fourth-order valence-electron chi connectivity index (χ4n) is 4.14. The fraction of sp³-hybridized carbons (Fsp3) is 0.571. The Hall–Kier alpha value is -2.79. The zero-order chi connectivity index (χ0) is 23.6. The van der Waals surface area contributed by atoms with Crippen LogP contribution in [0.15, 0.2) is 12.1 Å². The second-order valence-corrected chi connectivity index (χ2v) is 8.12. The summed E-state index contributed by atoms with van der Waals surface area (Å²) in [7, 11) is 1.49. The molecule has 2 saturated heterocycles. The fourth-order valence-corrected chi connectivity index (χ4v) is 4.14. The Balaban J connectivity index is 1.77. The van der Waals surface area contributed by atoms with Crippen LogP contribution in [0.1, 0.15) is 26.7 Å². The summed E-state index contributed by atoms with van der Waals surface area (Å²) < 4.78 is 45.6. The molecule has 1 aromatic rings. The third-order valence-corrected chi connectivity index (χ3v) is 5.78. The lowest BCUT2D eigenvalue weighted by Crippen LogP contribution is -2.50. The highest BCUT2D eigenvalue weighted by atomic mass is 19.1. The molecule has 2 aliphatic heterocycles. The molecule has 2 fully saturated rings. The van der Waals surface area contributed by atoms with Crippen LogP contribution in [0.25, 0.3) is 0 Å². The molecule has 9 nitrogen and oxygen atoms in total. The van der Waals surface area contributed by atoms with E-state index in [1.807, 2.05) is 0 Å². The second-order valence-electron chi connectivity index (χ2n) is 8.12. The van der Waals surface area contributed by atoms with Crippen molar-refractivity contribution in [3.05, 3.63) is 23.8 Å². The van der Waals surface area contributed by atoms with Crippen LogP contribution >= 0.6 is 0 Å². The number of hydrogen-bond donors (Lipinski definition) is 1. The number of ketones is 1. The van der Waals surface area contributed by atoms with Gasteiger partial charge in [-0.15, -0.1) is 0 Å². The van der Waals surface area contributed by atoms with Gasteiger partial charge in [0.15, 0.2) is 11.6 Å². The van der Waals surface area contributed by atoms with E-state index in [2.05, 4.69) is 0 Å². The molecule has 1 aromatic carbocycles. The smallest absolute Gasteiger partial charge is 0.414 e. The Kier molecular flexibility index (Phi) is 6.99. The van der Waals surface area contributed by atoms with E-state index in [-0.39, 0.29) is 43.4 Å². The van der Waals surface area contributed by atoms with E-state index >= 15 is 0 Å². The number of rotatable bonds is 7. The predicted octanol–water partition coefficient (Wildman–Crippen LogP) is 1.75. The Labute approximate surface area is 184 Å². The highest BCUT2D eigenvalue weighted by molar-refractivity contribution is 5.91. The van der Waals surface area contributed by atoms with Crippen molar-refractivity contribution in [2.24, 2.45) is 5.73 Å². The first kappa shape index (κ1) is 23.9. The molecular formula is C21H27F2N3O6. The number of Topliss-reactive ketones (excluding diaryl/α,β-unsaturated/α-hetero) is 1. The number of benzene rings is 1. The minimum atomic E-state index is -1.02. The van der Waals surface area contributed by atoms with Crippen molar-refractivity contribution in [3.8, 4) is 0 Å². The van der Waals surface area contributed by atoms with E-state index in [4.69, 9.17) is 19.9 Å². The van der Waals surface area contributed by atoms with Crippen LogP contribution in [0.5, 0.6) is 0 Å². The van der Waals surface area contributed by atoms with E-state index < -0.39 is 41.4 Å².